The molecule has 1 unspecified atom stereocenters. The highest BCUT2D eigenvalue weighted by atomic mass is 35.5. The lowest BCUT2D eigenvalue weighted by Gasteiger charge is -2.12. The fourth-order valence-corrected chi connectivity index (χ4v) is 3.53. The van der Waals surface area contributed by atoms with Crippen molar-refractivity contribution in [2.75, 3.05) is 0 Å². The van der Waals surface area contributed by atoms with Gasteiger partial charge in [-0.1, -0.05) is 11.6 Å². The van der Waals surface area contributed by atoms with Crippen LogP contribution in [0.2, 0.25) is 5.02 Å². The lowest BCUT2D eigenvalue weighted by atomic mass is 10.1. The molecule has 0 bridgehead atoms. The third kappa shape index (κ3) is 2.86. The zero-order valence-electron chi connectivity index (χ0n) is 11.7. The Kier molecular flexibility index (Phi) is 4.33. The van der Waals surface area contributed by atoms with E-state index in [1.165, 1.54) is 9.75 Å². The fraction of sp³-hybridized carbons (Fsp3) is 0.500. The monoisotopic (exact) mass is 298 g/mol. The molecular formula is C14H19ClN2OS. The molecule has 2 aromatic rings. The van der Waals surface area contributed by atoms with Gasteiger partial charge in [0, 0.05) is 22.7 Å². The van der Waals surface area contributed by atoms with Crippen LogP contribution in [0, 0.1) is 20.8 Å². The van der Waals surface area contributed by atoms with Crippen LogP contribution < -0.4 is 0 Å². The Morgan fingerprint density at radius 2 is 2.11 bits per heavy atom. The first-order valence-electron chi connectivity index (χ1n) is 6.40. The average Bonchev–Trinajstić information content (AvgIpc) is 2.83. The molecule has 0 aromatic carbocycles. The molecule has 2 rings (SSSR count). The van der Waals surface area contributed by atoms with Gasteiger partial charge in [0.2, 0.25) is 0 Å². The van der Waals surface area contributed by atoms with Crippen molar-refractivity contribution in [3.63, 3.8) is 0 Å². The smallest absolute Gasteiger partial charge is 0.0856 e. The maximum absolute atomic E-state index is 10.4. The summed E-state index contributed by atoms with van der Waals surface area (Å²) in [5.41, 5.74) is 2.74. The van der Waals surface area contributed by atoms with E-state index in [1.54, 1.807) is 11.3 Å². The summed E-state index contributed by atoms with van der Waals surface area (Å²) < 4.78 is 1.87. The third-order valence-electron chi connectivity index (χ3n) is 3.28. The van der Waals surface area contributed by atoms with E-state index in [2.05, 4.69) is 18.1 Å². The maximum Gasteiger partial charge on any atom is 0.0856 e. The molecule has 0 radical (unpaired) electrons. The summed E-state index contributed by atoms with van der Waals surface area (Å²) >= 11 is 7.99. The lowest BCUT2D eigenvalue weighted by Crippen LogP contribution is -2.09. The van der Waals surface area contributed by atoms with Gasteiger partial charge in [-0.15, -0.1) is 11.3 Å². The number of hydrogen-bond donors (Lipinski definition) is 1. The van der Waals surface area contributed by atoms with Crippen molar-refractivity contribution in [2.45, 2.75) is 46.8 Å². The van der Waals surface area contributed by atoms with Gasteiger partial charge < -0.3 is 5.11 Å². The molecule has 5 heteroatoms. The van der Waals surface area contributed by atoms with Crippen molar-refractivity contribution >= 4 is 22.9 Å². The molecule has 0 aliphatic heterocycles. The number of halogens is 1. The first-order chi connectivity index (χ1) is 8.93. The Morgan fingerprint density at radius 1 is 1.42 bits per heavy atom. The van der Waals surface area contributed by atoms with E-state index < -0.39 is 6.10 Å². The number of hydrogen-bond acceptors (Lipinski definition) is 3. The Labute approximate surface area is 122 Å². The maximum atomic E-state index is 10.4. The highest BCUT2D eigenvalue weighted by Gasteiger charge is 2.19. The van der Waals surface area contributed by atoms with Gasteiger partial charge in [-0.3, -0.25) is 4.68 Å². The molecule has 104 valence electrons. The lowest BCUT2D eigenvalue weighted by molar-refractivity contribution is 0.175. The van der Waals surface area contributed by atoms with Gasteiger partial charge in [-0.2, -0.15) is 5.10 Å². The van der Waals surface area contributed by atoms with E-state index in [-0.39, 0.29) is 0 Å². The van der Waals surface area contributed by atoms with E-state index >= 15 is 0 Å². The number of rotatable bonds is 4. The summed E-state index contributed by atoms with van der Waals surface area (Å²) in [6, 6.07) is 2.05. The van der Waals surface area contributed by atoms with Gasteiger partial charge in [0.15, 0.2) is 0 Å². The minimum Gasteiger partial charge on any atom is -0.388 e. The second-order valence-corrected chi connectivity index (χ2v) is 6.59. The first kappa shape index (κ1) is 14.6. The van der Waals surface area contributed by atoms with Gasteiger partial charge in [-0.05, 0) is 39.3 Å². The molecule has 2 heterocycles. The van der Waals surface area contributed by atoms with E-state index in [4.69, 9.17) is 11.6 Å². The van der Waals surface area contributed by atoms with Crippen LogP contribution in [0.5, 0.6) is 0 Å². The minimum atomic E-state index is -0.524. The summed E-state index contributed by atoms with van der Waals surface area (Å²) in [5, 5.41) is 15.5. The number of thiophene rings is 1. The SMILES string of the molecule is CCn1nc(C)c(Cl)c1CC(O)c1cc(C)sc1C. The summed E-state index contributed by atoms with van der Waals surface area (Å²) in [6.07, 6.45) is -0.0197. The molecule has 3 nitrogen and oxygen atoms in total. The van der Waals surface area contributed by atoms with Gasteiger partial charge in [0.25, 0.3) is 0 Å². The van der Waals surface area contributed by atoms with Crippen molar-refractivity contribution in [1.29, 1.82) is 0 Å². The van der Waals surface area contributed by atoms with Crippen molar-refractivity contribution in [3.8, 4) is 0 Å². The Bertz CT molecular complexity index is 589. The van der Waals surface area contributed by atoms with Gasteiger partial charge >= 0.3 is 0 Å². The summed E-state index contributed by atoms with van der Waals surface area (Å²) in [5.74, 6) is 0. The number of aliphatic hydroxyl groups excluding tert-OH is 1. The highest BCUT2D eigenvalue weighted by molar-refractivity contribution is 7.12. The van der Waals surface area contributed by atoms with Crippen molar-refractivity contribution in [2.24, 2.45) is 0 Å². The number of aliphatic hydroxyl groups is 1. The molecule has 0 aliphatic rings. The summed E-state index contributed by atoms with van der Waals surface area (Å²) in [6.45, 7) is 8.78. The standard InChI is InChI=1S/C14H19ClN2OS/c1-5-17-12(14(15)9(3)16-17)7-13(18)11-6-8(2)19-10(11)4/h6,13,18H,5,7H2,1-4H3. The van der Waals surface area contributed by atoms with E-state index in [9.17, 15) is 5.11 Å². The van der Waals surface area contributed by atoms with E-state index in [0.29, 0.717) is 11.4 Å². The molecule has 1 N–H and O–H groups in total. The van der Waals surface area contributed by atoms with Crippen LogP contribution >= 0.6 is 22.9 Å². The molecule has 0 aliphatic carbocycles. The summed E-state index contributed by atoms with van der Waals surface area (Å²) in [4.78, 5) is 2.39. The Balaban J connectivity index is 2.28. The second-order valence-electron chi connectivity index (χ2n) is 4.75. The highest BCUT2D eigenvalue weighted by Crippen LogP contribution is 2.31. The molecular weight excluding hydrogens is 280 g/mol. The number of nitrogens with zero attached hydrogens (tertiary/aromatic N) is 2. The van der Waals surface area contributed by atoms with Crippen LogP contribution in [-0.4, -0.2) is 14.9 Å². The van der Waals surface area contributed by atoms with Crippen LogP contribution in [0.4, 0.5) is 0 Å². The average molecular weight is 299 g/mol. The third-order valence-corrected chi connectivity index (χ3v) is 4.75. The van der Waals surface area contributed by atoms with Crippen molar-refractivity contribution < 1.29 is 5.11 Å². The molecule has 0 fully saturated rings. The van der Waals surface area contributed by atoms with Crippen LogP contribution in [0.15, 0.2) is 6.07 Å². The molecule has 0 spiro atoms. The molecule has 0 amide bonds. The summed E-state index contributed by atoms with van der Waals surface area (Å²) in [7, 11) is 0. The van der Waals surface area contributed by atoms with E-state index in [0.717, 1.165) is 23.5 Å². The molecule has 0 saturated carbocycles. The quantitative estimate of drug-likeness (QED) is 0.932. The van der Waals surface area contributed by atoms with Crippen molar-refractivity contribution in [1.82, 2.24) is 9.78 Å². The van der Waals surface area contributed by atoms with Crippen molar-refractivity contribution in [3.05, 3.63) is 37.8 Å². The first-order valence-corrected chi connectivity index (χ1v) is 7.60. The Morgan fingerprint density at radius 3 is 2.63 bits per heavy atom. The van der Waals surface area contributed by atoms with E-state index in [1.807, 2.05) is 25.5 Å². The van der Waals surface area contributed by atoms with Gasteiger partial charge in [-0.25, -0.2) is 0 Å². The number of aryl methyl sites for hydroxylation is 4. The zero-order valence-corrected chi connectivity index (χ0v) is 13.3. The zero-order chi connectivity index (χ0) is 14.2. The molecule has 2 aromatic heterocycles. The number of aromatic nitrogens is 2. The van der Waals surface area contributed by atoms with Crippen LogP contribution in [-0.2, 0) is 13.0 Å². The second kappa shape index (κ2) is 5.65. The molecule has 0 saturated heterocycles. The topological polar surface area (TPSA) is 38.0 Å². The van der Waals surface area contributed by atoms with Crippen LogP contribution in [0.25, 0.3) is 0 Å². The fourth-order valence-electron chi connectivity index (χ4n) is 2.34. The normalized spacial score (nSPS) is 12.9. The molecule has 1 atom stereocenters. The van der Waals surface area contributed by atoms with Crippen LogP contribution in [0.3, 0.4) is 0 Å². The predicted molar refractivity (Wildman–Crippen MR) is 80.1 cm³/mol. The Hall–Kier alpha value is -0.840. The van der Waals surface area contributed by atoms with Gasteiger partial charge in [0.1, 0.15) is 0 Å². The van der Waals surface area contributed by atoms with Crippen LogP contribution in [0.1, 0.15) is 39.7 Å². The largest absolute Gasteiger partial charge is 0.388 e. The molecule has 19 heavy (non-hydrogen) atoms. The predicted octanol–water partition coefficient (Wildman–Crippen LogP) is 3.82. The van der Waals surface area contributed by atoms with Gasteiger partial charge in [0.05, 0.1) is 22.5 Å². The minimum absolute atomic E-state index is 0.504.